The van der Waals surface area contributed by atoms with Crippen LogP contribution < -0.4 is 10.1 Å². The van der Waals surface area contributed by atoms with Crippen molar-refractivity contribution in [2.24, 2.45) is 0 Å². The number of rotatable bonds is 6. The highest BCUT2D eigenvalue weighted by Gasteiger charge is 2.32. The van der Waals surface area contributed by atoms with Crippen molar-refractivity contribution in [1.82, 2.24) is 10.2 Å². The molecule has 0 saturated heterocycles. The summed E-state index contributed by atoms with van der Waals surface area (Å²) < 4.78 is 5.55. The van der Waals surface area contributed by atoms with Crippen molar-refractivity contribution in [3.05, 3.63) is 65.2 Å². The van der Waals surface area contributed by atoms with E-state index in [4.69, 9.17) is 4.74 Å². The summed E-state index contributed by atoms with van der Waals surface area (Å²) >= 11 is 0. The molecular weight excluding hydrogens is 364 g/mol. The highest BCUT2D eigenvalue weighted by atomic mass is 16.5. The zero-order valence-electron chi connectivity index (χ0n) is 17.0. The summed E-state index contributed by atoms with van der Waals surface area (Å²) in [6.45, 7) is 0.983. The van der Waals surface area contributed by atoms with Gasteiger partial charge >= 0.3 is 0 Å². The van der Waals surface area contributed by atoms with Crippen LogP contribution in [0.5, 0.6) is 5.75 Å². The number of carbonyl (C=O) groups is 1. The fourth-order valence-electron chi connectivity index (χ4n) is 4.75. The molecule has 0 aromatic heterocycles. The molecule has 4 rings (SSSR count). The number of nitrogens with one attached hydrogen (secondary N) is 1. The predicted molar refractivity (Wildman–Crippen MR) is 113 cm³/mol. The van der Waals surface area contributed by atoms with Gasteiger partial charge in [-0.05, 0) is 48.4 Å². The number of methoxy groups -OCH3 is 1. The number of carbonyl (C=O) groups excluding carboxylic acids is 1. The summed E-state index contributed by atoms with van der Waals surface area (Å²) in [5.74, 6) is 0.952. The Morgan fingerprint density at radius 2 is 1.97 bits per heavy atom. The highest BCUT2D eigenvalue weighted by Crippen LogP contribution is 2.34. The molecule has 1 saturated carbocycles. The van der Waals surface area contributed by atoms with Gasteiger partial charge in [-0.2, -0.15) is 0 Å². The summed E-state index contributed by atoms with van der Waals surface area (Å²) in [4.78, 5) is 15.2. The lowest BCUT2D eigenvalue weighted by molar-refractivity contribution is -0.133. The Morgan fingerprint density at radius 3 is 2.76 bits per heavy atom. The zero-order chi connectivity index (χ0) is 20.2. The van der Waals surface area contributed by atoms with Gasteiger partial charge in [-0.3, -0.25) is 4.79 Å². The van der Waals surface area contributed by atoms with Gasteiger partial charge in [0.15, 0.2) is 0 Å². The van der Waals surface area contributed by atoms with Gasteiger partial charge in [0.1, 0.15) is 5.75 Å². The number of ether oxygens (including phenoxy) is 1. The number of amides is 1. The van der Waals surface area contributed by atoms with Crippen LogP contribution in [0.4, 0.5) is 0 Å². The van der Waals surface area contributed by atoms with Crippen molar-refractivity contribution in [2.75, 3.05) is 20.2 Å². The zero-order valence-corrected chi connectivity index (χ0v) is 17.0. The summed E-state index contributed by atoms with van der Waals surface area (Å²) in [6.07, 6.45) is 4.02. The van der Waals surface area contributed by atoms with E-state index < -0.39 is 0 Å². The second-order valence-electron chi connectivity index (χ2n) is 8.05. The average Bonchev–Trinajstić information content (AvgIpc) is 3.17. The quantitative estimate of drug-likeness (QED) is 0.791. The van der Waals surface area contributed by atoms with Gasteiger partial charge < -0.3 is 20.1 Å². The summed E-state index contributed by atoms with van der Waals surface area (Å²) in [5.41, 5.74) is 3.64. The highest BCUT2D eigenvalue weighted by molar-refractivity contribution is 5.79. The molecular formula is C24H30N2O3. The maximum Gasteiger partial charge on any atom is 0.237 e. The van der Waals surface area contributed by atoms with Crippen molar-refractivity contribution < 1.29 is 14.6 Å². The van der Waals surface area contributed by atoms with Crippen LogP contribution in [0.1, 0.15) is 42.0 Å². The summed E-state index contributed by atoms with van der Waals surface area (Å²) in [6, 6.07) is 16.5. The van der Waals surface area contributed by atoms with Gasteiger partial charge in [-0.15, -0.1) is 0 Å². The first-order chi connectivity index (χ1) is 14.2. The van der Waals surface area contributed by atoms with E-state index in [1.54, 1.807) is 7.11 Å². The van der Waals surface area contributed by atoms with Crippen LogP contribution in [-0.2, 0) is 17.6 Å². The molecule has 0 bridgehead atoms. The Labute approximate surface area is 172 Å². The molecule has 1 aliphatic carbocycles. The molecule has 3 atom stereocenters. The number of hydrogen-bond donors (Lipinski definition) is 2. The smallest absolute Gasteiger partial charge is 0.237 e. The topological polar surface area (TPSA) is 61.8 Å². The van der Waals surface area contributed by atoms with Crippen LogP contribution in [0, 0.1) is 0 Å². The fraction of sp³-hybridized carbons (Fsp3) is 0.458. The van der Waals surface area contributed by atoms with Crippen molar-refractivity contribution in [3.63, 3.8) is 0 Å². The van der Waals surface area contributed by atoms with E-state index in [0.29, 0.717) is 6.54 Å². The molecule has 0 radical (unpaired) electrons. The molecule has 1 fully saturated rings. The Hall–Kier alpha value is -2.37. The molecule has 5 nitrogen and oxygen atoms in total. The first kappa shape index (κ1) is 19.9. The molecule has 154 valence electrons. The third kappa shape index (κ3) is 4.31. The molecule has 1 unspecified atom stereocenters. The Kier molecular flexibility index (Phi) is 6.16. The molecule has 1 heterocycles. The summed E-state index contributed by atoms with van der Waals surface area (Å²) in [7, 11) is 1.69. The van der Waals surface area contributed by atoms with Crippen LogP contribution in [0.2, 0.25) is 0 Å². The van der Waals surface area contributed by atoms with Crippen molar-refractivity contribution in [2.45, 2.75) is 50.3 Å². The maximum absolute atomic E-state index is 13.2. The minimum absolute atomic E-state index is 0.0148. The maximum atomic E-state index is 13.2. The SMILES string of the molecule is COc1ccccc1CC1c2ccccc2CCN1C(=O)CN[C@H]1CCC[C@@H]1O. The molecule has 1 amide bonds. The largest absolute Gasteiger partial charge is 0.496 e. The second-order valence-corrected chi connectivity index (χ2v) is 8.05. The lowest BCUT2D eigenvalue weighted by Gasteiger charge is -2.38. The normalized spacial score (nSPS) is 23.7. The molecule has 5 heteroatoms. The first-order valence-electron chi connectivity index (χ1n) is 10.6. The number of benzene rings is 2. The van der Waals surface area contributed by atoms with Gasteiger partial charge in [-0.1, -0.05) is 42.5 Å². The second kappa shape index (κ2) is 8.97. The first-order valence-corrected chi connectivity index (χ1v) is 10.6. The minimum Gasteiger partial charge on any atom is -0.496 e. The number of hydrogen-bond acceptors (Lipinski definition) is 4. The van der Waals surface area contributed by atoms with E-state index >= 15 is 0 Å². The standard InChI is InChI=1S/C24H30N2O3/c1-29-23-12-5-3-8-18(23)15-21-19-9-4-2-7-17(19)13-14-26(21)24(28)16-25-20-10-6-11-22(20)27/h2-5,7-9,12,20-22,25,27H,6,10-11,13-16H2,1H3/t20-,21?,22-/m0/s1. The van der Waals surface area contributed by atoms with Gasteiger partial charge in [0.05, 0.1) is 25.8 Å². The van der Waals surface area contributed by atoms with E-state index in [2.05, 4.69) is 35.6 Å². The van der Waals surface area contributed by atoms with E-state index in [1.165, 1.54) is 11.1 Å². The van der Waals surface area contributed by atoms with Gasteiger partial charge in [0.2, 0.25) is 5.91 Å². The van der Waals surface area contributed by atoms with Gasteiger partial charge in [0, 0.05) is 19.0 Å². The molecule has 2 aromatic rings. The number of fused-ring (bicyclic) bond motifs is 1. The van der Waals surface area contributed by atoms with Crippen molar-refractivity contribution in [3.8, 4) is 5.75 Å². The lowest BCUT2D eigenvalue weighted by Crippen LogP contribution is -2.47. The van der Waals surface area contributed by atoms with Gasteiger partial charge in [-0.25, -0.2) is 0 Å². The fourth-order valence-corrected chi connectivity index (χ4v) is 4.75. The molecule has 2 aliphatic rings. The monoisotopic (exact) mass is 394 g/mol. The van der Waals surface area contributed by atoms with Crippen LogP contribution in [0.25, 0.3) is 0 Å². The predicted octanol–water partition coefficient (Wildman–Crippen LogP) is 2.87. The van der Waals surface area contributed by atoms with Crippen molar-refractivity contribution in [1.29, 1.82) is 0 Å². The van der Waals surface area contributed by atoms with E-state index in [0.717, 1.165) is 43.4 Å². The molecule has 2 aromatic carbocycles. The van der Waals surface area contributed by atoms with Crippen LogP contribution >= 0.6 is 0 Å². The van der Waals surface area contributed by atoms with Crippen LogP contribution in [-0.4, -0.2) is 48.3 Å². The Morgan fingerprint density at radius 1 is 1.17 bits per heavy atom. The van der Waals surface area contributed by atoms with Crippen LogP contribution in [0.15, 0.2) is 48.5 Å². The van der Waals surface area contributed by atoms with E-state index in [-0.39, 0.29) is 30.6 Å². The molecule has 2 N–H and O–H groups in total. The number of aliphatic hydroxyl groups excluding tert-OH is 1. The molecule has 0 spiro atoms. The summed E-state index contributed by atoms with van der Waals surface area (Å²) in [5, 5.41) is 13.3. The number of para-hydroxylation sites is 1. The number of aliphatic hydroxyl groups is 1. The average molecular weight is 395 g/mol. The Bertz CT molecular complexity index is 854. The van der Waals surface area contributed by atoms with Crippen LogP contribution in [0.3, 0.4) is 0 Å². The molecule has 1 aliphatic heterocycles. The minimum atomic E-state index is -0.339. The molecule has 29 heavy (non-hydrogen) atoms. The van der Waals surface area contributed by atoms with Gasteiger partial charge in [0.25, 0.3) is 0 Å². The van der Waals surface area contributed by atoms with E-state index in [9.17, 15) is 9.90 Å². The van der Waals surface area contributed by atoms with Crippen molar-refractivity contribution >= 4 is 5.91 Å². The lowest BCUT2D eigenvalue weighted by atomic mass is 9.88. The number of nitrogens with zero attached hydrogens (tertiary/aromatic N) is 1. The third-order valence-corrected chi connectivity index (χ3v) is 6.33. The Balaban J connectivity index is 1.55. The van der Waals surface area contributed by atoms with E-state index in [1.807, 2.05) is 23.1 Å². The third-order valence-electron chi connectivity index (χ3n) is 6.33.